The Morgan fingerprint density at radius 1 is 1.53 bits per heavy atom. The largest absolute Gasteiger partial charge is 0.464 e. The number of aromatic nitrogens is 1. The fourth-order valence-corrected chi connectivity index (χ4v) is 2.30. The van der Waals surface area contributed by atoms with E-state index in [0.717, 1.165) is 12.8 Å². The first kappa shape index (κ1) is 12.0. The van der Waals surface area contributed by atoms with Gasteiger partial charge in [0.2, 0.25) is 0 Å². The molecule has 1 aromatic rings. The van der Waals surface area contributed by atoms with Crippen molar-refractivity contribution < 1.29 is 14.3 Å². The number of ether oxygens (including phenoxy) is 1. The summed E-state index contributed by atoms with van der Waals surface area (Å²) in [6, 6.07) is 2.21. The third kappa shape index (κ3) is 1.93. The van der Waals surface area contributed by atoms with Gasteiger partial charge in [0, 0.05) is 25.2 Å². The summed E-state index contributed by atoms with van der Waals surface area (Å²) in [5.74, 6) is -0.00880. The van der Waals surface area contributed by atoms with Crippen molar-refractivity contribution in [3.8, 4) is 0 Å². The van der Waals surface area contributed by atoms with E-state index in [1.54, 1.807) is 6.07 Å². The highest BCUT2D eigenvalue weighted by Crippen LogP contribution is 2.31. The van der Waals surface area contributed by atoms with Gasteiger partial charge in [-0.3, -0.25) is 4.79 Å². The maximum atomic E-state index is 11.8. The number of nitrogens with one attached hydrogen (secondary N) is 1. The summed E-state index contributed by atoms with van der Waals surface area (Å²) in [4.78, 5) is 30.0. The monoisotopic (exact) mass is 261 g/mol. The minimum absolute atomic E-state index is 0.159. The summed E-state index contributed by atoms with van der Waals surface area (Å²) < 4.78 is 4.75. The highest BCUT2D eigenvalue weighted by atomic mass is 16.5. The Hall–Kier alpha value is -2.11. The molecule has 1 N–H and O–H groups in total. The average Bonchev–Trinajstić information content (AvgIpc) is 3.21. The van der Waals surface area contributed by atoms with Crippen molar-refractivity contribution in [3.63, 3.8) is 0 Å². The lowest BCUT2D eigenvalue weighted by Crippen LogP contribution is -2.23. The molecule has 1 saturated carbocycles. The van der Waals surface area contributed by atoms with Crippen LogP contribution in [0.25, 0.3) is 0 Å². The van der Waals surface area contributed by atoms with Gasteiger partial charge in [-0.2, -0.15) is 0 Å². The van der Waals surface area contributed by atoms with Crippen molar-refractivity contribution in [2.75, 3.05) is 19.1 Å². The van der Waals surface area contributed by atoms with E-state index in [0.29, 0.717) is 29.5 Å². The Labute approximate surface area is 110 Å². The van der Waals surface area contributed by atoms with Crippen LogP contribution in [0.4, 0.5) is 5.82 Å². The quantitative estimate of drug-likeness (QED) is 0.811. The summed E-state index contributed by atoms with van der Waals surface area (Å²) in [6.45, 7) is 0.332. The van der Waals surface area contributed by atoms with Crippen molar-refractivity contribution >= 4 is 17.7 Å². The normalized spacial score (nSPS) is 16.8. The van der Waals surface area contributed by atoms with Crippen molar-refractivity contribution in [3.05, 3.63) is 22.9 Å². The Kier molecular flexibility index (Phi) is 2.66. The minimum atomic E-state index is -0.501. The van der Waals surface area contributed by atoms with Gasteiger partial charge in [-0.05, 0) is 18.9 Å². The molecular formula is C13H15N3O3. The zero-order valence-corrected chi connectivity index (χ0v) is 10.9. The molecule has 1 aliphatic carbocycles. The van der Waals surface area contributed by atoms with Crippen molar-refractivity contribution in [2.24, 2.45) is 0 Å². The number of rotatable bonds is 3. The number of pyridine rings is 1. The molecule has 0 atom stereocenters. The third-order valence-corrected chi connectivity index (χ3v) is 3.62. The summed E-state index contributed by atoms with van der Waals surface area (Å²) in [7, 11) is 3.25. The average molecular weight is 261 g/mol. The lowest BCUT2D eigenvalue weighted by atomic mass is 10.1. The van der Waals surface area contributed by atoms with Gasteiger partial charge in [0.1, 0.15) is 5.82 Å². The summed E-state index contributed by atoms with van der Waals surface area (Å²) >= 11 is 0. The second-order valence-electron chi connectivity index (χ2n) is 4.87. The maximum absolute atomic E-state index is 11.8. The number of anilines is 1. The van der Waals surface area contributed by atoms with Gasteiger partial charge in [-0.15, -0.1) is 0 Å². The maximum Gasteiger partial charge on any atom is 0.357 e. The van der Waals surface area contributed by atoms with Crippen LogP contribution in [-0.4, -0.2) is 37.1 Å². The van der Waals surface area contributed by atoms with Crippen LogP contribution in [-0.2, 0) is 11.3 Å². The number of nitrogens with zero attached hydrogens (tertiary/aromatic N) is 2. The molecule has 6 heteroatoms. The van der Waals surface area contributed by atoms with E-state index in [1.165, 1.54) is 7.11 Å². The van der Waals surface area contributed by atoms with E-state index in [1.807, 2.05) is 11.9 Å². The zero-order chi connectivity index (χ0) is 13.6. The van der Waals surface area contributed by atoms with Gasteiger partial charge < -0.3 is 15.0 Å². The van der Waals surface area contributed by atoms with Crippen molar-refractivity contribution in [1.82, 2.24) is 10.3 Å². The van der Waals surface area contributed by atoms with E-state index in [9.17, 15) is 9.59 Å². The van der Waals surface area contributed by atoms with Crippen LogP contribution >= 0.6 is 0 Å². The Morgan fingerprint density at radius 3 is 2.89 bits per heavy atom. The van der Waals surface area contributed by atoms with E-state index in [4.69, 9.17) is 4.74 Å². The number of carbonyl (C=O) groups is 2. The fourth-order valence-electron chi connectivity index (χ4n) is 2.30. The first-order valence-electron chi connectivity index (χ1n) is 6.25. The topological polar surface area (TPSA) is 71.5 Å². The predicted octanol–water partition coefficient (Wildman–Crippen LogP) is 0.710. The van der Waals surface area contributed by atoms with Crippen LogP contribution in [0.2, 0.25) is 0 Å². The van der Waals surface area contributed by atoms with E-state index >= 15 is 0 Å². The number of fused-ring (bicyclic) bond motifs is 1. The first-order valence-corrected chi connectivity index (χ1v) is 6.25. The van der Waals surface area contributed by atoms with Crippen molar-refractivity contribution in [2.45, 2.75) is 25.4 Å². The first-order chi connectivity index (χ1) is 9.11. The number of esters is 1. The van der Waals surface area contributed by atoms with Gasteiger partial charge in [-0.1, -0.05) is 0 Å². The van der Waals surface area contributed by atoms with Gasteiger partial charge in [0.25, 0.3) is 5.91 Å². The number of hydrogen-bond donors (Lipinski definition) is 1. The van der Waals surface area contributed by atoms with Gasteiger partial charge in [0.05, 0.1) is 12.7 Å². The Bertz CT molecular complexity index is 566. The summed E-state index contributed by atoms with van der Waals surface area (Å²) in [6.07, 6.45) is 2.24. The standard InChI is InChI=1S/C13H15N3O3/c1-16(7-3-4-7)10-5-8-9(6-14-12(8)17)11(15-10)13(18)19-2/h5,7H,3-4,6H2,1-2H3,(H,14,17). The molecule has 6 nitrogen and oxygen atoms in total. The SMILES string of the molecule is COC(=O)c1nc(N(C)C2CC2)cc2c1CNC2=O. The Balaban J connectivity index is 2.09. The summed E-state index contributed by atoms with van der Waals surface area (Å²) in [5.41, 5.74) is 1.39. The molecule has 100 valence electrons. The predicted molar refractivity (Wildman–Crippen MR) is 68.2 cm³/mol. The molecule has 0 aromatic carbocycles. The molecule has 1 fully saturated rings. The van der Waals surface area contributed by atoms with E-state index in [2.05, 4.69) is 10.3 Å². The second kappa shape index (κ2) is 4.22. The molecule has 0 saturated heterocycles. The van der Waals surface area contributed by atoms with Crippen LogP contribution in [0.1, 0.15) is 39.3 Å². The molecule has 1 aliphatic heterocycles. The lowest BCUT2D eigenvalue weighted by Gasteiger charge is -2.19. The molecular weight excluding hydrogens is 246 g/mol. The van der Waals surface area contributed by atoms with Crippen LogP contribution in [0, 0.1) is 0 Å². The molecule has 3 rings (SSSR count). The molecule has 1 aromatic heterocycles. The second-order valence-corrected chi connectivity index (χ2v) is 4.87. The lowest BCUT2D eigenvalue weighted by molar-refractivity contribution is 0.0592. The molecule has 0 radical (unpaired) electrons. The molecule has 0 unspecified atom stereocenters. The highest BCUT2D eigenvalue weighted by Gasteiger charge is 2.32. The van der Waals surface area contributed by atoms with Crippen LogP contribution in [0.3, 0.4) is 0 Å². The number of methoxy groups -OCH3 is 1. The summed E-state index contributed by atoms with van der Waals surface area (Å²) in [5, 5.41) is 2.71. The van der Waals surface area contributed by atoms with E-state index in [-0.39, 0.29) is 11.6 Å². The molecule has 19 heavy (non-hydrogen) atoms. The Morgan fingerprint density at radius 2 is 2.26 bits per heavy atom. The van der Waals surface area contributed by atoms with Crippen LogP contribution in [0.15, 0.2) is 6.07 Å². The van der Waals surface area contributed by atoms with Gasteiger partial charge in [0.15, 0.2) is 5.69 Å². The van der Waals surface area contributed by atoms with Gasteiger partial charge >= 0.3 is 5.97 Å². The van der Waals surface area contributed by atoms with Crippen molar-refractivity contribution in [1.29, 1.82) is 0 Å². The minimum Gasteiger partial charge on any atom is -0.464 e. The number of carbonyl (C=O) groups excluding carboxylic acids is 2. The zero-order valence-electron chi connectivity index (χ0n) is 10.9. The molecule has 2 aliphatic rings. The number of hydrogen-bond acceptors (Lipinski definition) is 5. The molecule has 0 bridgehead atoms. The third-order valence-electron chi connectivity index (χ3n) is 3.62. The molecule has 0 spiro atoms. The highest BCUT2D eigenvalue weighted by molar-refractivity contribution is 6.03. The molecule has 1 amide bonds. The fraction of sp³-hybridized carbons (Fsp3) is 0.462. The molecule has 2 heterocycles. The number of amides is 1. The van der Waals surface area contributed by atoms with Gasteiger partial charge in [-0.25, -0.2) is 9.78 Å². The van der Waals surface area contributed by atoms with Crippen LogP contribution < -0.4 is 10.2 Å². The smallest absolute Gasteiger partial charge is 0.357 e. The van der Waals surface area contributed by atoms with E-state index < -0.39 is 5.97 Å². The van der Waals surface area contributed by atoms with Crippen LogP contribution in [0.5, 0.6) is 0 Å².